The quantitative estimate of drug-likeness (QED) is 0.489. The van der Waals surface area contributed by atoms with Crippen LogP contribution < -0.4 is 9.88 Å². The van der Waals surface area contributed by atoms with Crippen molar-refractivity contribution in [3.8, 4) is 0 Å². The second-order valence-corrected chi connectivity index (χ2v) is 13.2. The van der Waals surface area contributed by atoms with Crippen LogP contribution in [0.4, 0.5) is 5.69 Å². The highest BCUT2D eigenvalue weighted by Gasteiger charge is 2.35. The number of hydrogen-bond acceptors (Lipinski definition) is 0. The van der Waals surface area contributed by atoms with E-state index >= 15 is 0 Å². The Bertz CT molecular complexity index is 1010. The maximum Gasteiger partial charge on any atom is 0.344 e. The van der Waals surface area contributed by atoms with Gasteiger partial charge in [0.15, 0.2) is 19.6 Å². The Morgan fingerprint density at radius 3 is 2.20 bits per heavy atom. The molecule has 0 aliphatic carbocycles. The summed E-state index contributed by atoms with van der Waals surface area (Å²) >= 11 is 0. The van der Waals surface area contributed by atoms with Gasteiger partial charge in [-0.15, -0.1) is 9.14 Å². The Morgan fingerprint density at radius 2 is 1.52 bits per heavy atom. The molecule has 1 aromatic heterocycles. The molecule has 3 aromatic rings. The molecule has 2 aromatic carbocycles. The fraction of sp³-hybridized carbons (Fsp3) is 0.273. The lowest BCUT2D eigenvalue weighted by Crippen LogP contribution is -2.63. The highest BCUT2D eigenvalue weighted by Crippen LogP contribution is 2.25. The van der Waals surface area contributed by atoms with Crippen LogP contribution in [0.2, 0.25) is 19.6 Å². The van der Waals surface area contributed by atoms with E-state index < -0.39 is 8.07 Å². The van der Waals surface area contributed by atoms with Gasteiger partial charge in [-0.1, -0.05) is 43.9 Å². The van der Waals surface area contributed by atoms with Gasteiger partial charge in [-0.3, -0.25) is 0 Å². The van der Waals surface area contributed by atoms with Crippen molar-refractivity contribution in [3.05, 3.63) is 65.2 Å². The number of nitrogens with zero attached hydrogens (tertiary/aromatic N) is 2. The monoisotopic (exact) mass is 346 g/mol. The summed E-state index contributed by atoms with van der Waals surface area (Å²) in [4.78, 5) is 0. The Kier molecular flexibility index (Phi) is 3.65. The van der Waals surface area contributed by atoms with Crippen molar-refractivity contribution in [1.82, 2.24) is 0 Å². The number of hydrogen-bond donors (Lipinski definition) is 0. The van der Waals surface area contributed by atoms with E-state index in [1.165, 1.54) is 38.6 Å². The predicted molar refractivity (Wildman–Crippen MR) is 108 cm³/mol. The second-order valence-electron chi connectivity index (χ2n) is 8.16. The van der Waals surface area contributed by atoms with Gasteiger partial charge in [0.2, 0.25) is 11.2 Å². The van der Waals surface area contributed by atoms with Crippen LogP contribution >= 0.6 is 0 Å². The average molecular weight is 347 g/mol. The molecule has 0 N–H and O–H groups in total. The molecule has 0 fully saturated rings. The van der Waals surface area contributed by atoms with Gasteiger partial charge in [0.1, 0.15) is 5.56 Å². The summed E-state index contributed by atoms with van der Waals surface area (Å²) in [5, 5.41) is 2.84. The largest absolute Gasteiger partial charge is 0.344 e. The third kappa shape index (κ3) is 2.63. The summed E-state index contributed by atoms with van der Waals surface area (Å²) in [5.41, 5.74) is 6.69. The maximum atomic E-state index is 2.56. The minimum absolute atomic E-state index is 0.889. The van der Waals surface area contributed by atoms with Gasteiger partial charge >= 0.3 is 6.67 Å². The molecule has 3 heteroatoms. The lowest BCUT2D eigenvalue weighted by Gasteiger charge is -2.19. The van der Waals surface area contributed by atoms with E-state index in [1.807, 2.05) is 0 Å². The Hall–Kier alpha value is -2.26. The molecular weight excluding hydrogens is 320 g/mol. The van der Waals surface area contributed by atoms with E-state index in [0.29, 0.717) is 0 Å². The molecule has 2 nitrogen and oxygen atoms in total. The van der Waals surface area contributed by atoms with Crippen molar-refractivity contribution in [2.75, 3.05) is 0 Å². The van der Waals surface area contributed by atoms with E-state index in [4.69, 9.17) is 0 Å². The van der Waals surface area contributed by atoms with Crippen LogP contribution in [-0.4, -0.2) is 18.9 Å². The third-order valence-electron chi connectivity index (χ3n) is 5.16. The molecule has 0 saturated heterocycles. The Balaban J connectivity index is 2.02. The molecule has 0 unspecified atom stereocenters. The van der Waals surface area contributed by atoms with Crippen LogP contribution in [0.3, 0.4) is 0 Å². The first kappa shape index (κ1) is 16.2. The molecule has 0 saturated carbocycles. The second kappa shape index (κ2) is 5.63. The number of benzene rings is 2. The van der Waals surface area contributed by atoms with Gasteiger partial charge < -0.3 is 0 Å². The summed E-state index contributed by atoms with van der Waals surface area (Å²) in [7, 11) is -1.44. The fourth-order valence-corrected chi connectivity index (χ4v) is 5.64. The highest BCUT2D eigenvalue weighted by atomic mass is 28.3. The maximum absolute atomic E-state index is 2.56. The average Bonchev–Trinajstić information content (AvgIpc) is 2.54. The lowest BCUT2D eigenvalue weighted by molar-refractivity contribution is -0.801. The molecule has 0 atom stereocenters. The number of para-hydroxylation sites is 2. The lowest BCUT2D eigenvalue weighted by atomic mass is 10.1. The zero-order chi connectivity index (χ0) is 17.8. The van der Waals surface area contributed by atoms with E-state index in [9.17, 15) is 0 Å². The molecule has 126 valence electrons. The molecule has 1 aliphatic heterocycles. The zero-order valence-corrected chi connectivity index (χ0v) is 16.8. The van der Waals surface area contributed by atoms with Crippen molar-refractivity contribution >= 4 is 36.2 Å². The predicted octanol–water partition coefficient (Wildman–Crippen LogP) is 4.02. The summed E-state index contributed by atoms with van der Waals surface area (Å²) < 4.78 is 4.98. The smallest absolute Gasteiger partial charge is 0.141 e. The summed E-state index contributed by atoms with van der Waals surface area (Å²) in [6.07, 6.45) is 2.33. The van der Waals surface area contributed by atoms with Crippen LogP contribution in [0.1, 0.15) is 16.7 Å². The molecule has 2 heterocycles. The topological polar surface area (TPSA) is 6.89 Å². The standard InChI is InChI=1S/C22H26N2Si/c1-16-8-6-9-17(2)21(16)23-14-19-11-7-10-18-12-13-20(25(3,4)5)24(15-23)22(18)19/h6-14H,15H2,1-5H3/q+2. The van der Waals surface area contributed by atoms with E-state index in [2.05, 4.69) is 97.4 Å². The number of aromatic nitrogens is 1. The normalized spacial score (nSPS) is 13.9. The molecule has 0 spiro atoms. The molecule has 25 heavy (non-hydrogen) atoms. The zero-order valence-electron chi connectivity index (χ0n) is 15.8. The van der Waals surface area contributed by atoms with Crippen LogP contribution in [0.5, 0.6) is 0 Å². The van der Waals surface area contributed by atoms with E-state index in [0.717, 1.165) is 6.67 Å². The fourth-order valence-electron chi connectivity index (χ4n) is 4.07. The number of pyridine rings is 1. The van der Waals surface area contributed by atoms with Crippen molar-refractivity contribution in [3.63, 3.8) is 0 Å². The molecular formula is C22H26N2Si+2. The number of aryl methyl sites for hydroxylation is 2. The van der Waals surface area contributed by atoms with Crippen molar-refractivity contribution in [1.29, 1.82) is 0 Å². The van der Waals surface area contributed by atoms with Crippen LogP contribution in [0.15, 0.2) is 48.5 Å². The number of rotatable bonds is 2. The SMILES string of the molecule is Cc1cccc(C)c1[N+]1=Cc2cccc3ccc([Si](C)(C)C)[n+](c23)C1. The van der Waals surface area contributed by atoms with Crippen molar-refractivity contribution in [2.24, 2.45) is 0 Å². The summed E-state index contributed by atoms with van der Waals surface area (Å²) in [5.74, 6) is 0. The minimum Gasteiger partial charge on any atom is -0.141 e. The van der Waals surface area contributed by atoms with Crippen LogP contribution in [-0.2, 0) is 6.67 Å². The van der Waals surface area contributed by atoms with Gasteiger partial charge in [0, 0.05) is 16.5 Å². The molecule has 1 aliphatic rings. The van der Waals surface area contributed by atoms with Gasteiger partial charge in [-0.05, 0) is 38.1 Å². The first-order valence-corrected chi connectivity index (χ1v) is 12.5. The van der Waals surface area contributed by atoms with Crippen molar-refractivity contribution < 1.29 is 9.14 Å². The van der Waals surface area contributed by atoms with Gasteiger partial charge in [-0.25, -0.2) is 0 Å². The van der Waals surface area contributed by atoms with Crippen LogP contribution in [0, 0.1) is 13.8 Å². The molecule has 4 rings (SSSR count). The first-order chi connectivity index (χ1) is 11.9. The molecule has 0 bridgehead atoms. The summed E-state index contributed by atoms with van der Waals surface area (Å²) in [6, 6.07) is 17.9. The highest BCUT2D eigenvalue weighted by molar-refractivity contribution is 6.87. The molecule has 0 radical (unpaired) electrons. The van der Waals surface area contributed by atoms with Gasteiger partial charge in [0.05, 0.1) is 0 Å². The van der Waals surface area contributed by atoms with E-state index in [1.54, 1.807) is 0 Å². The summed E-state index contributed by atoms with van der Waals surface area (Å²) in [6.45, 7) is 12.6. The molecule has 0 amide bonds. The van der Waals surface area contributed by atoms with E-state index in [-0.39, 0.29) is 0 Å². The Morgan fingerprint density at radius 1 is 0.840 bits per heavy atom. The van der Waals surface area contributed by atoms with Gasteiger partial charge in [-0.2, -0.15) is 0 Å². The van der Waals surface area contributed by atoms with Crippen LogP contribution in [0.25, 0.3) is 10.9 Å². The van der Waals surface area contributed by atoms with Gasteiger partial charge in [0.25, 0.3) is 0 Å². The first-order valence-electron chi connectivity index (χ1n) is 9.00. The Labute approximate surface area is 151 Å². The minimum atomic E-state index is -1.44. The van der Waals surface area contributed by atoms with Crippen molar-refractivity contribution in [2.45, 2.75) is 40.2 Å². The third-order valence-corrected chi connectivity index (χ3v) is 7.14.